The lowest BCUT2D eigenvalue weighted by Gasteiger charge is -2.14. The summed E-state index contributed by atoms with van der Waals surface area (Å²) in [5, 5.41) is 2.92. The molecular formula is C13H16N2O. The summed E-state index contributed by atoms with van der Waals surface area (Å²) in [7, 11) is 0. The van der Waals surface area contributed by atoms with Crippen molar-refractivity contribution in [1.82, 2.24) is 10.3 Å². The van der Waals surface area contributed by atoms with E-state index in [-0.39, 0.29) is 11.3 Å². The Bertz CT molecular complexity index is 394. The molecule has 0 unspecified atom stereocenters. The zero-order valence-corrected chi connectivity index (χ0v) is 9.44. The summed E-state index contributed by atoms with van der Waals surface area (Å²) >= 11 is 0. The van der Waals surface area contributed by atoms with Gasteiger partial charge in [0, 0.05) is 23.9 Å². The molecule has 1 amide bonds. The molecule has 0 spiro atoms. The number of aromatic nitrogens is 1. The molecular weight excluding hydrogens is 200 g/mol. The fourth-order valence-corrected chi connectivity index (χ4v) is 1.82. The van der Waals surface area contributed by atoms with Crippen molar-refractivity contribution < 1.29 is 4.79 Å². The van der Waals surface area contributed by atoms with Gasteiger partial charge in [-0.1, -0.05) is 12.1 Å². The van der Waals surface area contributed by atoms with E-state index in [4.69, 9.17) is 0 Å². The first kappa shape index (κ1) is 10.9. The summed E-state index contributed by atoms with van der Waals surface area (Å²) in [5.74, 6) is -0.0234. The molecule has 2 rings (SSSR count). The number of nitrogens with one attached hydrogen (secondary N) is 1. The minimum Gasteiger partial charge on any atom is -0.352 e. The Balaban J connectivity index is 1.97. The molecule has 3 heteroatoms. The van der Waals surface area contributed by atoms with Gasteiger partial charge in [0.1, 0.15) is 0 Å². The highest BCUT2D eigenvalue weighted by molar-refractivity contribution is 5.87. The number of nitrogens with zero attached hydrogens (tertiary/aromatic N) is 1. The maximum Gasteiger partial charge on any atom is 0.243 e. The van der Waals surface area contributed by atoms with E-state index in [2.05, 4.69) is 10.3 Å². The molecule has 0 radical (unpaired) electrons. The maximum atomic E-state index is 11.3. The van der Waals surface area contributed by atoms with Gasteiger partial charge in [0.2, 0.25) is 5.91 Å². The summed E-state index contributed by atoms with van der Waals surface area (Å²) in [5.41, 5.74) is 1.19. The Hall–Kier alpha value is -1.64. The van der Waals surface area contributed by atoms with Crippen LogP contribution in [0.3, 0.4) is 0 Å². The Labute approximate surface area is 95.6 Å². The molecule has 1 fully saturated rings. The Morgan fingerprint density at radius 3 is 2.94 bits per heavy atom. The van der Waals surface area contributed by atoms with Crippen LogP contribution < -0.4 is 5.32 Å². The van der Waals surface area contributed by atoms with E-state index >= 15 is 0 Å². The van der Waals surface area contributed by atoms with E-state index in [1.165, 1.54) is 0 Å². The van der Waals surface area contributed by atoms with Crippen LogP contribution in [0.15, 0.2) is 36.5 Å². The number of hydrogen-bond acceptors (Lipinski definition) is 2. The van der Waals surface area contributed by atoms with Crippen molar-refractivity contribution in [1.29, 1.82) is 0 Å². The highest BCUT2D eigenvalue weighted by Crippen LogP contribution is 2.46. The lowest BCUT2D eigenvalue weighted by Crippen LogP contribution is -2.31. The van der Waals surface area contributed by atoms with Gasteiger partial charge >= 0.3 is 0 Å². The maximum absolute atomic E-state index is 11.3. The quantitative estimate of drug-likeness (QED) is 0.780. The van der Waals surface area contributed by atoms with E-state index in [1.807, 2.05) is 31.3 Å². The third kappa shape index (κ3) is 2.30. The molecule has 0 saturated heterocycles. The van der Waals surface area contributed by atoms with Gasteiger partial charge < -0.3 is 5.32 Å². The van der Waals surface area contributed by atoms with Crippen molar-refractivity contribution in [2.24, 2.45) is 0 Å². The van der Waals surface area contributed by atoms with Gasteiger partial charge in [0.15, 0.2) is 0 Å². The molecule has 0 bridgehead atoms. The first-order chi connectivity index (χ1) is 7.77. The summed E-state index contributed by atoms with van der Waals surface area (Å²) < 4.78 is 0. The lowest BCUT2D eigenvalue weighted by molar-refractivity contribution is -0.116. The number of rotatable bonds is 4. The van der Waals surface area contributed by atoms with Crippen LogP contribution in [0, 0.1) is 0 Å². The summed E-state index contributed by atoms with van der Waals surface area (Å²) in [4.78, 5) is 15.7. The van der Waals surface area contributed by atoms with E-state index in [0.717, 1.165) is 18.5 Å². The van der Waals surface area contributed by atoms with Gasteiger partial charge in [-0.05, 0) is 38.0 Å². The van der Waals surface area contributed by atoms with Crippen molar-refractivity contribution in [2.75, 3.05) is 6.54 Å². The molecule has 84 valence electrons. The van der Waals surface area contributed by atoms with Crippen molar-refractivity contribution in [3.63, 3.8) is 0 Å². The highest BCUT2D eigenvalue weighted by Gasteiger charge is 2.45. The molecule has 0 aromatic carbocycles. The SMILES string of the molecule is C/C=C/C(=O)NCC1(c2ccccn2)CC1. The highest BCUT2D eigenvalue weighted by atomic mass is 16.1. The van der Waals surface area contributed by atoms with Gasteiger partial charge in [-0.25, -0.2) is 0 Å². The summed E-state index contributed by atoms with van der Waals surface area (Å²) in [6, 6.07) is 5.95. The fraction of sp³-hybridized carbons (Fsp3) is 0.385. The second kappa shape index (κ2) is 4.47. The minimum atomic E-state index is -0.0234. The smallest absolute Gasteiger partial charge is 0.243 e. The molecule has 16 heavy (non-hydrogen) atoms. The van der Waals surface area contributed by atoms with Crippen molar-refractivity contribution in [3.05, 3.63) is 42.2 Å². The molecule has 1 saturated carbocycles. The second-order valence-electron chi connectivity index (χ2n) is 4.21. The van der Waals surface area contributed by atoms with Gasteiger partial charge in [0.05, 0.1) is 0 Å². The van der Waals surface area contributed by atoms with Crippen LogP contribution >= 0.6 is 0 Å². The Morgan fingerprint density at radius 2 is 2.38 bits per heavy atom. The van der Waals surface area contributed by atoms with Gasteiger partial charge in [0.25, 0.3) is 0 Å². The van der Waals surface area contributed by atoms with Crippen LogP contribution in [0.25, 0.3) is 0 Å². The minimum absolute atomic E-state index is 0.0234. The first-order valence-corrected chi connectivity index (χ1v) is 5.59. The van der Waals surface area contributed by atoms with Gasteiger partial charge in [-0.15, -0.1) is 0 Å². The van der Waals surface area contributed by atoms with Crippen molar-refractivity contribution in [2.45, 2.75) is 25.2 Å². The monoisotopic (exact) mass is 216 g/mol. The third-order valence-corrected chi connectivity index (χ3v) is 2.98. The number of hydrogen-bond donors (Lipinski definition) is 1. The van der Waals surface area contributed by atoms with Crippen LogP contribution in [-0.4, -0.2) is 17.4 Å². The topological polar surface area (TPSA) is 42.0 Å². The van der Waals surface area contributed by atoms with Crippen LogP contribution in [0.1, 0.15) is 25.5 Å². The largest absolute Gasteiger partial charge is 0.352 e. The number of amides is 1. The first-order valence-electron chi connectivity index (χ1n) is 5.59. The standard InChI is InChI=1S/C13H16N2O/c1-2-5-12(16)15-10-13(7-8-13)11-6-3-4-9-14-11/h2-6,9H,7-8,10H2,1H3,(H,15,16)/b5-2+. The van der Waals surface area contributed by atoms with Crippen molar-refractivity contribution in [3.8, 4) is 0 Å². The molecule has 1 aromatic rings. The predicted molar refractivity (Wildman–Crippen MR) is 63.0 cm³/mol. The molecule has 0 aliphatic heterocycles. The fourth-order valence-electron chi connectivity index (χ4n) is 1.82. The molecule has 1 heterocycles. The second-order valence-corrected chi connectivity index (χ2v) is 4.21. The molecule has 0 atom stereocenters. The van der Waals surface area contributed by atoms with E-state index in [1.54, 1.807) is 12.2 Å². The third-order valence-electron chi connectivity index (χ3n) is 2.98. The number of allylic oxidation sites excluding steroid dienone is 1. The molecule has 1 aliphatic rings. The van der Waals surface area contributed by atoms with E-state index in [0.29, 0.717) is 6.54 Å². The average Bonchev–Trinajstić information content (AvgIpc) is 3.09. The van der Waals surface area contributed by atoms with Crippen LogP contribution in [0.4, 0.5) is 0 Å². The zero-order valence-electron chi connectivity index (χ0n) is 9.44. The normalized spacial score (nSPS) is 17.3. The number of carbonyl (C=O) groups is 1. The average molecular weight is 216 g/mol. The van der Waals surface area contributed by atoms with Crippen LogP contribution in [0.5, 0.6) is 0 Å². The van der Waals surface area contributed by atoms with E-state index in [9.17, 15) is 4.79 Å². The zero-order chi connectivity index (χ0) is 11.4. The Kier molecular flexibility index (Phi) is 3.04. The van der Waals surface area contributed by atoms with Crippen LogP contribution in [-0.2, 0) is 10.2 Å². The van der Waals surface area contributed by atoms with Crippen molar-refractivity contribution >= 4 is 5.91 Å². The lowest BCUT2D eigenvalue weighted by atomic mass is 10.0. The molecule has 1 aliphatic carbocycles. The van der Waals surface area contributed by atoms with Crippen LogP contribution in [0.2, 0.25) is 0 Å². The number of carbonyl (C=O) groups excluding carboxylic acids is 1. The summed E-state index contributed by atoms with van der Waals surface area (Å²) in [6.07, 6.45) is 7.33. The molecule has 1 N–H and O–H groups in total. The summed E-state index contributed by atoms with van der Waals surface area (Å²) in [6.45, 7) is 2.53. The van der Waals surface area contributed by atoms with Gasteiger partial charge in [-0.2, -0.15) is 0 Å². The predicted octanol–water partition coefficient (Wildman–Crippen LogP) is 1.81. The molecule has 1 aromatic heterocycles. The Morgan fingerprint density at radius 1 is 1.56 bits per heavy atom. The van der Waals surface area contributed by atoms with Gasteiger partial charge in [-0.3, -0.25) is 9.78 Å². The molecule has 3 nitrogen and oxygen atoms in total. The van der Waals surface area contributed by atoms with E-state index < -0.39 is 0 Å². The number of pyridine rings is 1.